The SMILES string of the molecule is CC(=O)[N+]1(CCCO)CCCCC1. The number of likely N-dealkylation sites (tertiary alicyclic amines) is 1. The van der Waals surface area contributed by atoms with Gasteiger partial charge in [-0.3, -0.25) is 4.48 Å². The maximum absolute atomic E-state index is 11.5. The predicted octanol–water partition coefficient (Wildman–Crippen LogP) is 0.916. The molecule has 3 nitrogen and oxygen atoms in total. The van der Waals surface area contributed by atoms with Crippen molar-refractivity contribution in [2.24, 2.45) is 0 Å². The van der Waals surface area contributed by atoms with Crippen molar-refractivity contribution in [3.63, 3.8) is 0 Å². The third kappa shape index (κ3) is 2.51. The summed E-state index contributed by atoms with van der Waals surface area (Å²) in [6.07, 6.45) is 4.32. The van der Waals surface area contributed by atoms with E-state index in [0.717, 1.165) is 38.9 Å². The molecule has 1 N–H and O–H groups in total. The second kappa shape index (κ2) is 4.72. The summed E-state index contributed by atoms with van der Waals surface area (Å²) < 4.78 is 0.612. The van der Waals surface area contributed by atoms with Crippen molar-refractivity contribution in [1.29, 1.82) is 0 Å². The fourth-order valence-corrected chi connectivity index (χ4v) is 2.19. The largest absolute Gasteiger partial charge is 0.396 e. The van der Waals surface area contributed by atoms with E-state index in [0.29, 0.717) is 4.48 Å². The van der Waals surface area contributed by atoms with Gasteiger partial charge in [-0.2, -0.15) is 0 Å². The fraction of sp³-hybridized carbons (Fsp3) is 0.900. The first-order valence-corrected chi connectivity index (χ1v) is 5.19. The molecule has 1 rings (SSSR count). The van der Waals surface area contributed by atoms with Crippen LogP contribution >= 0.6 is 0 Å². The summed E-state index contributed by atoms with van der Waals surface area (Å²) in [7, 11) is 0. The van der Waals surface area contributed by atoms with E-state index in [-0.39, 0.29) is 12.5 Å². The average Bonchev–Trinajstić information content (AvgIpc) is 2.16. The molecule has 13 heavy (non-hydrogen) atoms. The smallest absolute Gasteiger partial charge is 0.310 e. The van der Waals surface area contributed by atoms with Crippen LogP contribution < -0.4 is 0 Å². The van der Waals surface area contributed by atoms with Crippen LogP contribution in [0.2, 0.25) is 0 Å². The van der Waals surface area contributed by atoms with Gasteiger partial charge in [-0.25, -0.2) is 4.79 Å². The summed E-state index contributed by atoms with van der Waals surface area (Å²) in [6.45, 7) is 4.67. The second-order valence-electron chi connectivity index (χ2n) is 3.97. The molecule has 0 aliphatic carbocycles. The van der Waals surface area contributed by atoms with Gasteiger partial charge in [0, 0.05) is 13.0 Å². The number of nitrogens with zero attached hydrogens (tertiary/aromatic N) is 1. The van der Waals surface area contributed by atoms with Gasteiger partial charge >= 0.3 is 5.91 Å². The third-order valence-corrected chi connectivity index (χ3v) is 3.08. The van der Waals surface area contributed by atoms with Crippen LogP contribution in [0, 0.1) is 0 Å². The minimum absolute atomic E-state index is 0.202. The van der Waals surface area contributed by atoms with Gasteiger partial charge in [-0.1, -0.05) is 0 Å². The Kier molecular flexibility index (Phi) is 3.88. The molecule has 0 unspecified atom stereocenters. The highest BCUT2D eigenvalue weighted by atomic mass is 16.3. The molecular weight excluding hydrogens is 166 g/mol. The summed E-state index contributed by atoms with van der Waals surface area (Å²) in [5, 5.41) is 8.77. The van der Waals surface area contributed by atoms with Gasteiger partial charge in [0.2, 0.25) is 0 Å². The van der Waals surface area contributed by atoms with Crippen LogP contribution in [0.15, 0.2) is 0 Å². The van der Waals surface area contributed by atoms with Crippen LogP contribution in [0.1, 0.15) is 32.6 Å². The van der Waals surface area contributed by atoms with Crippen LogP contribution in [-0.4, -0.2) is 41.7 Å². The molecule has 1 aliphatic rings. The number of piperidine rings is 1. The van der Waals surface area contributed by atoms with E-state index in [2.05, 4.69) is 0 Å². The van der Waals surface area contributed by atoms with Crippen LogP contribution in [0.5, 0.6) is 0 Å². The minimum Gasteiger partial charge on any atom is -0.396 e. The molecule has 0 aromatic heterocycles. The number of carbonyl (C=O) groups is 1. The average molecular weight is 186 g/mol. The lowest BCUT2D eigenvalue weighted by Crippen LogP contribution is -2.55. The van der Waals surface area contributed by atoms with E-state index >= 15 is 0 Å². The molecule has 0 radical (unpaired) electrons. The molecule has 0 saturated carbocycles. The zero-order valence-electron chi connectivity index (χ0n) is 8.46. The van der Waals surface area contributed by atoms with Crippen LogP contribution in [0.3, 0.4) is 0 Å². The molecule has 0 bridgehead atoms. The topological polar surface area (TPSA) is 37.3 Å². The molecular formula is C10H20NO2+. The molecule has 3 heteroatoms. The Hall–Kier alpha value is -0.410. The zero-order chi connectivity index (χ0) is 9.73. The summed E-state index contributed by atoms with van der Waals surface area (Å²) in [5.74, 6) is 0.271. The van der Waals surface area contributed by atoms with E-state index in [1.165, 1.54) is 6.42 Å². The molecule has 1 heterocycles. The van der Waals surface area contributed by atoms with Crippen molar-refractivity contribution in [2.45, 2.75) is 32.6 Å². The highest BCUT2D eigenvalue weighted by molar-refractivity contribution is 5.65. The van der Waals surface area contributed by atoms with E-state index in [1.54, 1.807) is 6.92 Å². The van der Waals surface area contributed by atoms with Crippen molar-refractivity contribution in [2.75, 3.05) is 26.2 Å². The number of aliphatic hydroxyl groups excluding tert-OH is 1. The minimum atomic E-state index is 0.202. The summed E-state index contributed by atoms with van der Waals surface area (Å²) >= 11 is 0. The van der Waals surface area contributed by atoms with Gasteiger partial charge in [-0.15, -0.1) is 0 Å². The Morgan fingerprint density at radius 2 is 1.92 bits per heavy atom. The number of carbonyl (C=O) groups excluding carboxylic acids is 1. The quantitative estimate of drug-likeness (QED) is 0.665. The first-order valence-electron chi connectivity index (χ1n) is 5.19. The zero-order valence-corrected chi connectivity index (χ0v) is 8.46. The predicted molar refractivity (Wildman–Crippen MR) is 51.1 cm³/mol. The van der Waals surface area contributed by atoms with Gasteiger partial charge < -0.3 is 5.11 Å². The Morgan fingerprint density at radius 1 is 1.31 bits per heavy atom. The molecule has 0 spiro atoms. The van der Waals surface area contributed by atoms with Crippen LogP contribution in [0.25, 0.3) is 0 Å². The number of aliphatic hydroxyl groups is 1. The molecule has 0 aromatic carbocycles. The molecule has 1 saturated heterocycles. The summed E-state index contributed by atoms with van der Waals surface area (Å²) in [5.41, 5.74) is 0. The van der Waals surface area contributed by atoms with Gasteiger partial charge in [-0.05, 0) is 19.3 Å². The van der Waals surface area contributed by atoms with E-state index in [4.69, 9.17) is 5.11 Å². The number of hydrogen-bond donors (Lipinski definition) is 1. The lowest BCUT2D eigenvalue weighted by Gasteiger charge is -2.38. The molecule has 76 valence electrons. The van der Waals surface area contributed by atoms with E-state index in [9.17, 15) is 4.79 Å². The van der Waals surface area contributed by atoms with Gasteiger partial charge in [0.15, 0.2) is 0 Å². The molecule has 1 amide bonds. The van der Waals surface area contributed by atoms with Gasteiger partial charge in [0.1, 0.15) is 0 Å². The summed E-state index contributed by atoms with van der Waals surface area (Å²) in [4.78, 5) is 11.5. The normalized spacial score (nSPS) is 21.4. The second-order valence-corrected chi connectivity index (χ2v) is 3.97. The molecule has 0 atom stereocenters. The Labute approximate surface area is 79.9 Å². The molecule has 1 aliphatic heterocycles. The van der Waals surface area contributed by atoms with Crippen molar-refractivity contribution < 1.29 is 14.4 Å². The highest BCUT2D eigenvalue weighted by Crippen LogP contribution is 2.19. The highest BCUT2D eigenvalue weighted by Gasteiger charge is 2.34. The number of amides is 1. The third-order valence-electron chi connectivity index (χ3n) is 3.08. The Bertz CT molecular complexity index is 174. The van der Waals surface area contributed by atoms with E-state index < -0.39 is 0 Å². The van der Waals surface area contributed by atoms with Crippen LogP contribution in [-0.2, 0) is 4.79 Å². The van der Waals surface area contributed by atoms with E-state index in [1.807, 2.05) is 0 Å². The van der Waals surface area contributed by atoms with Crippen molar-refractivity contribution in [1.82, 2.24) is 0 Å². The number of rotatable bonds is 3. The van der Waals surface area contributed by atoms with Gasteiger partial charge in [0.25, 0.3) is 0 Å². The molecule has 1 fully saturated rings. The number of quaternary nitrogens is 1. The standard InChI is InChI=1S/C10H20NO2/c1-10(13)11(8-5-9-12)6-3-2-4-7-11/h12H,2-9H2,1H3/q+1. The molecule has 0 aromatic rings. The maximum atomic E-state index is 11.5. The van der Waals surface area contributed by atoms with Crippen molar-refractivity contribution in [3.8, 4) is 0 Å². The Morgan fingerprint density at radius 3 is 2.38 bits per heavy atom. The number of hydrogen-bond acceptors (Lipinski definition) is 2. The lowest BCUT2D eigenvalue weighted by molar-refractivity contribution is -0.859. The van der Waals surface area contributed by atoms with Crippen molar-refractivity contribution in [3.05, 3.63) is 0 Å². The summed E-state index contributed by atoms with van der Waals surface area (Å²) in [6, 6.07) is 0. The van der Waals surface area contributed by atoms with Crippen LogP contribution in [0.4, 0.5) is 0 Å². The Balaban J connectivity index is 2.56. The first kappa shape index (κ1) is 10.7. The van der Waals surface area contributed by atoms with Crippen molar-refractivity contribution >= 4 is 5.91 Å². The van der Waals surface area contributed by atoms with Gasteiger partial charge in [0.05, 0.1) is 26.6 Å². The maximum Gasteiger partial charge on any atom is 0.310 e. The monoisotopic (exact) mass is 186 g/mol. The fourth-order valence-electron chi connectivity index (χ4n) is 2.19. The lowest BCUT2D eigenvalue weighted by atomic mass is 10.1. The first-order chi connectivity index (χ1) is 6.21.